The number of halogens is 1. The molecule has 0 saturated carbocycles. The van der Waals surface area contributed by atoms with Gasteiger partial charge in [-0.1, -0.05) is 20.3 Å². The molecule has 2 aromatic rings. The van der Waals surface area contributed by atoms with Crippen molar-refractivity contribution in [3.05, 3.63) is 23.9 Å². The second kappa shape index (κ2) is 13.5. The van der Waals surface area contributed by atoms with Crippen LogP contribution in [-0.4, -0.2) is 71.5 Å². The smallest absolute Gasteiger partial charge is 0.409 e. The second-order valence-corrected chi connectivity index (χ2v) is 11.3. The standard InChI is InChI=1S/C27H36FN5O4.C3H8/c1-3-37-27(36)32-11-8-17(9-12-32)14-18-10-13-33(16-22(18)28)19-4-5-20-23(15-19)31(2)30-25(20)21-6-7-24(34)29-26(21)35;1-3-2/h4-5,15,17-18,21-22H,3,6-14,16H2,1-2H3,(H,29,34,35);3H2,1-2H3/t18-,21?,22+;/m0./s1. The molecule has 1 aromatic heterocycles. The van der Waals surface area contributed by atoms with Crippen LogP contribution in [-0.2, 0) is 21.4 Å². The molecule has 1 aromatic carbocycles. The molecule has 0 radical (unpaired) electrons. The first-order chi connectivity index (χ1) is 19.2. The van der Waals surface area contributed by atoms with E-state index in [0.29, 0.717) is 50.7 Å². The lowest BCUT2D eigenvalue weighted by molar-refractivity contribution is -0.134. The lowest BCUT2D eigenvalue weighted by Crippen LogP contribution is -2.44. The Morgan fingerprint density at radius 3 is 2.48 bits per heavy atom. The summed E-state index contributed by atoms with van der Waals surface area (Å²) in [6, 6.07) is 5.97. The Labute approximate surface area is 236 Å². The van der Waals surface area contributed by atoms with Crippen LogP contribution < -0.4 is 10.2 Å². The number of piperidine rings is 3. The van der Waals surface area contributed by atoms with E-state index in [2.05, 4.69) is 29.2 Å². The summed E-state index contributed by atoms with van der Waals surface area (Å²) in [6.07, 6.45) is 4.33. The summed E-state index contributed by atoms with van der Waals surface area (Å²) < 4.78 is 22.2. The Kier molecular flexibility index (Phi) is 10.0. The van der Waals surface area contributed by atoms with Gasteiger partial charge in [0.05, 0.1) is 23.7 Å². The van der Waals surface area contributed by atoms with E-state index in [9.17, 15) is 14.4 Å². The van der Waals surface area contributed by atoms with Crippen molar-refractivity contribution in [3.8, 4) is 0 Å². The number of ether oxygens (including phenoxy) is 1. The first-order valence-corrected chi connectivity index (χ1v) is 14.9. The van der Waals surface area contributed by atoms with Crippen LogP contribution in [0, 0.1) is 11.8 Å². The van der Waals surface area contributed by atoms with Crippen molar-refractivity contribution in [2.24, 2.45) is 18.9 Å². The van der Waals surface area contributed by atoms with Gasteiger partial charge in [-0.15, -0.1) is 0 Å². The molecule has 5 rings (SSSR count). The molecule has 10 heteroatoms. The molecule has 3 saturated heterocycles. The third-order valence-corrected chi connectivity index (χ3v) is 8.25. The maximum atomic E-state index is 15.3. The van der Waals surface area contributed by atoms with Gasteiger partial charge in [-0.2, -0.15) is 5.10 Å². The van der Waals surface area contributed by atoms with Crippen LogP contribution in [0.3, 0.4) is 0 Å². The number of amides is 3. The fourth-order valence-corrected chi connectivity index (χ4v) is 6.13. The summed E-state index contributed by atoms with van der Waals surface area (Å²) in [5.74, 6) is -0.501. The van der Waals surface area contributed by atoms with Gasteiger partial charge >= 0.3 is 6.09 Å². The zero-order valence-corrected chi connectivity index (χ0v) is 24.3. The number of alkyl halides is 1. The lowest BCUT2D eigenvalue weighted by Gasteiger charge is -2.39. The quantitative estimate of drug-likeness (QED) is 0.524. The molecule has 3 amide bonds. The lowest BCUT2D eigenvalue weighted by atomic mass is 9.82. The molecular formula is C30H44FN5O4. The minimum Gasteiger partial charge on any atom is -0.450 e. The van der Waals surface area contributed by atoms with E-state index in [-0.39, 0.29) is 23.8 Å². The molecule has 3 aliphatic rings. The van der Waals surface area contributed by atoms with E-state index in [1.165, 1.54) is 6.42 Å². The van der Waals surface area contributed by atoms with Gasteiger partial charge in [-0.25, -0.2) is 9.18 Å². The number of hydrogen-bond donors (Lipinski definition) is 1. The predicted octanol–water partition coefficient (Wildman–Crippen LogP) is 4.93. The van der Waals surface area contributed by atoms with Crippen LogP contribution in [0.2, 0.25) is 0 Å². The molecule has 0 bridgehead atoms. The van der Waals surface area contributed by atoms with Gasteiger partial charge in [0.2, 0.25) is 11.8 Å². The van der Waals surface area contributed by atoms with Gasteiger partial charge in [0.25, 0.3) is 0 Å². The summed E-state index contributed by atoms with van der Waals surface area (Å²) in [5, 5.41) is 7.92. The number of aryl methyl sites for hydroxylation is 1. The predicted molar refractivity (Wildman–Crippen MR) is 153 cm³/mol. The maximum absolute atomic E-state index is 15.3. The van der Waals surface area contributed by atoms with Crippen molar-refractivity contribution in [2.45, 2.75) is 77.8 Å². The average molecular weight is 558 g/mol. The average Bonchev–Trinajstić information content (AvgIpc) is 3.26. The Morgan fingerprint density at radius 1 is 1.10 bits per heavy atom. The molecule has 4 heterocycles. The number of likely N-dealkylation sites (tertiary alicyclic amines) is 1. The van der Waals surface area contributed by atoms with Crippen LogP contribution >= 0.6 is 0 Å². The van der Waals surface area contributed by atoms with Crippen LogP contribution in [0.25, 0.3) is 10.9 Å². The van der Waals surface area contributed by atoms with E-state index in [1.54, 1.807) is 9.58 Å². The maximum Gasteiger partial charge on any atom is 0.409 e. The van der Waals surface area contributed by atoms with Crippen LogP contribution in [0.15, 0.2) is 18.2 Å². The molecular weight excluding hydrogens is 513 g/mol. The van der Waals surface area contributed by atoms with Crippen molar-refractivity contribution in [1.82, 2.24) is 20.0 Å². The number of nitrogens with zero attached hydrogens (tertiary/aromatic N) is 4. The van der Waals surface area contributed by atoms with Crippen molar-refractivity contribution >= 4 is 34.5 Å². The summed E-state index contributed by atoms with van der Waals surface area (Å²) in [5.41, 5.74) is 2.53. The SMILES string of the molecule is CCC.CCOC(=O)N1CCC(C[C@@H]2CCN(c3ccc4c(C5CCC(=O)NC5=O)nn(C)c4c3)C[C@H]2F)CC1. The van der Waals surface area contributed by atoms with E-state index in [1.807, 2.05) is 32.2 Å². The fourth-order valence-electron chi connectivity index (χ4n) is 6.13. The van der Waals surface area contributed by atoms with E-state index >= 15 is 4.39 Å². The molecule has 3 aliphatic heterocycles. The monoisotopic (exact) mass is 557 g/mol. The van der Waals surface area contributed by atoms with E-state index in [0.717, 1.165) is 48.8 Å². The van der Waals surface area contributed by atoms with Crippen molar-refractivity contribution < 1.29 is 23.5 Å². The Bertz CT molecular complexity index is 1190. The zero-order valence-electron chi connectivity index (χ0n) is 24.3. The minimum atomic E-state index is -0.905. The molecule has 220 valence electrons. The highest BCUT2D eigenvalue weighted by Crippen LogP contribution is 2.36. The van der Waals surface area contributed by atoms with Crippen LogP contribution in [0.4, 0.5) is 14.9 Å². The Hall–Kier alpha value is -3.17. The molecule has 40 heavy (non-hydrogen) atoms. The van der Waals surface area contributed by atoms with Gasteiger partial charge in [-0.05, 0) is 69.1 Å². The molecule has 1 unspecified atom stereocenters. The molecule has 9 nitrogen and oxygen atoms in total. The minimum absolute atomic E-state index is 0.0370. The Balaban J connectivity index is 0.00000118. The molecule has 1 N–H and O–H groups in total. The van der Waals surface area contributed by atoms with Crippen molar-refractivity contribution in [1.29, 1.82) is 0 Å². The number of rotatable bonds is 5. The van der Waals surface area contributed by atoms with Crippen LogP contribution in [0.5, 0.6) is 0 Å². The Morgan fingerprint density at radius 2 is 1.82 bits per heavy atom. The topological polar surface area (TPSA) is 96.8 Å². The number of anilines is 1. The highest BCUT2D eigenvalue weighted by atomic mass is 19.1. The number of benzene rings is 1. The van der Waals surface area contributed by atoms with Crippen LogP contribution in [0.1, 0.15) is 77.3 Å². The fraction of sp³-hybridized carbons (Fsp3) is 0.667. The summed E-state index contributed by atoms with van der Waals surface area (Å²) >= 11 is 0. The third kappa shape index (κ3) is 6.75. The van der Waals surface area contributed by atoms with Gasteiger partial charge in [0.15, 0.2) is 0 Å². The van der Waals surface area contributed by atoms with E-state index in [4.69, 9.17) is 4.74 Å². The number of aromatic nitrogens is 2. The largest absolute Gasteiger partial charge is 0.450 e. The zero-order chi connectivity index (χ0) is 28.8. The highest BCUT2D eigenvalue weighted by molar-refractivity contribution is 6.02. The van der Waals surface area contributed by atoms with Gasteiger partial charge in [0, 0.05) is 50.7 Å². The van der Waals surface area contributed by atoms with Gasteiger partial charge < -0.3 is 14.5 Å². The number of carbonyl (C=O) groups excluding carboxylic acids is 3. The highest BCUT2D eigenvalue weighted by Gasteiger charge is 2.34. The van der Waals surface area contributed by atoms with Crippen molar-refractivity contribution in [2.75, 3.05) is 37.7 Å². The summed E-state index contributed by atoms with van der Waals surface area (Å²) in [6.45, 7) is 8.96. The normalized spacial score (nSPS) is 24.0. The summed E-state index contributed by atoms with van der Waals surface area (Å²) in [7, 11) is 1.85. The third-order valence-electron chi connectivity index (χ3n) is 8.25. The van der Waals surface area contributed by atoms with E-state index < -0.39 is 12.1 Å². The number of imide groups is 1. The summed E-state index contributed by atoms with van der Waals surface area (Å²) in [4.78, 5) is 39.7. The van der Waals surface area contributed by atoms with Gasteiger partial charge in [-0.3, -0.25) is 19.6 Å². The number of nitrogens with one attached hydrogen (secondary N) is 1. The molecule has 3 fully saturated rings. The molecule has 0 spiro atoms. The number of fused-ring (bicyclic) bond motifs is 1. The molecule has 3 atom stereocenters. The molecule has 0 aliphatic carbocycles. The van der Waals surface area contributed by atoms with Gasteiger partial charge in [0.1, 0.15) is 6.17 Å². The second-order valence-electron chi connectivity index (χ2n) is 11.3. The number of carbonyl (C=O) groups is 3. The first kappa shape index (κ1) is 29.8. The number of hydrogen-bond acceptors (Lipinski definition) is 6. The first-order valence-electron chi connectivity index (χ1n) is 14.9. The van der Waals surface area contributed by atoms with Crippen molar-refractivity contribution in [3.63, 3.8) is 0 Å².